The standard InChI is InChI=1S/C18H27BrN2/c1-2-9-20-18(15-4-3-5-16(19)12-15)8-10-21-13-14-6-7-17(21)11-14/h3-5,12,14,17-18,20H,2,6-11,13H2,1H3. The molecule has 1 aliphatic heterocycles. The molecule has 0 radical (unpaired) electrons. The van der Waals surface area contributed by atoms with E-state index in [4.69, 9.17) is 0 Å². The molecule has 3 unspecified atom stereocenters. The molecule has 1 saturated carbocycles. The number of nitrogens with zero attached hydrogens (tertiary/aromatic N) is 1. The van der Waals surface area contributed by atoms with Gasteiger partial charge in [-0.2, -0.15) is 0 Å². The first-order valence-corrected chi connectivity index (χ1v) is 9.28. The number of rotatable bonds is 7. The maximum Gasteiger partial charge on any atom is 0.0332 e. The van der Waals surface area contributed by atoms with Crippen molar-refractivity contribution in [2.24, 2.45) is 5.92 Å². The Kier molecular flexibility index (Phi) is 5.36. The third-order valence-electron chi connectivity index (χ3n) is 5.12. The van der Waals surface area contributed by atoms with E-state index in [1.807, 2.05) is 0 Å². The molecule has 3 heteroatoms. The van der Waals surface area contributed by atoms with E-state index in [1.165, 1.54) is 55.2 Å². The van der Waals surface area contributed by atoms with Crippen molar-refractivity contribution in [2.75, 3.05) is 19.6 Å². The van der Waals surface area contributed by atoms with Crippen molar-refractivity contribution in [3.05, 3.63) is 34.3 Å². The molecule has 0 amide bonds. The van der Waals surface area contributed by atoms with Gasteiger partial charge in [-0.1, -0.05) is 35.0 Å². The van der Waals surface area contributed by atoms with E-state index in [9.17, 15) is 0 Å². The zero-order valence-corrected chi connectivity index (χ0v) is 14.6. The number of benzene rings is 1. The highest BCUT2D eigenvalue weighted by Crippen LogP contribution is 2.37. The van der Waals surface area contributed by atoms with Crippen molar-refractivity contribution in [1.29, 1.82) is 0 Å². The van der Waals surface area contributed by atoms with Crippen molar-refractivity contribution in [3.8, 4) is 0 Å². The molecule has 1 saturated heterocycles. The summed E-state index contributed by atoms with van der Waals surface area (Å²) in [5.41, 5.74) is 1.42. The minimum atomic E-state index is 0.488. The molecule has 2 fully saturated rings. The summed E-state index contributed by atoms with van der Waals surface area (Å²) in [4.78, 5) is 2.74. The Bertz CT molecular complexity index is 462. The normalized spacial score (nSPS) is 26.4. The summed E-state index contributed by atoms with van der Waals surface area (Å²) < 4.78 is 1.18. The van der Waals surface area contributed by atoms with E-state index in [0.717, 1.165) is 18.5 Å². The SMILES string of the molecule is CCCNC(CCN1CC2CCC1C2)c1cccc(Br)c1. The molecule has 1 aliphatic carbocycles. The van der Waals surface area contributed by atoms with Crippen LogP contribution in [0.25, 0.3) is 0 Å². The lowest BCUT2D eigenvalue weighted by atomic mass is 10.0. The van der Waals surface area contributed by atoms with Gasteiger partial charge in [0.1, 0.15) is 0 Å². The smallest absolute Gasteiger partial charge is 0.0332 e. The van der Waals surface area contributed by atoms with Gasteiger partial charge in [-0.25, -0.2) is 0 Å². The molecule has 1 heterocycles. The first-order chi connectivity index (χ1) is 10.3. The molecule has 1 aromatic carbocycles. The Morgan fingerprint density at radius 1 is 1.38 bits per heavy atom. The fraction of sp³-hybridized carbons (Fsp3) is 0.667. The highest BCUT2D eigenvalue weighted by Gasteiger charge is 2.37. The van der Waals surface area contributed by atoms with Crippen LogP contribution in [0.2, 0.25) is 0 Å². The van der Waals surface area contributed by atoms with Gasteiger partial charge in [0.2, 0.25) is 0 Å². The number of likely N-dealkylation sites (tertiary alicyclic amines) is 1. The molecule has 1 N–H and O–H groups in total. The maximum absolute atomic E-state index is 3.73. The summed E-state index contributed by atoms with van der Waals surface area (Å²) in [5.74, 6) is 1.00. The first kappa shape index (κ1) is 15.5. The molecule has 0 spiro atoms. The van der Waals surface area contributed by atoms with Gasteiger partial charge in [0.05, 0.1) is 0 Å². The first-order valence-electron chi connectivity index (χ1n) is 8.49. The lowest BCUT2D eigenvalue weighted by molar-refractivity contribution is 0.202. The van der Waals surface area contributed by atoms with Gasteiger partial charge >= 0.3 is 0 Å². The quantitative estimate of drug-likeness (QED) is 0.785. The molecule has 1 aromatic rings. The molecule has 3 rings (SSSR count). The van der Waals surface area contributed by atoms with Crippen LogP contribution < -0.4 is 5.32 Å². The van der Waals surface area contributed by atoms with E-state index in [0.29, 0.717) is 6.04 Å². The molecular weight excluding hydrogens is 324 g/mol. The molecule has 116 valence electrons. The second kappa shape index (κ2) is 7.26. The van der Waals surface area contributed by atoms with E-state index in [2.05, 4.69) is 57.3 Å². The van der Waals surface area contributed by atoms with Crippen molar-refractivity contribution >= 4 is 15.9 Å². The van der Waals surface area contributed by atoms with Gasteiger partial charge < -0.3 is 10.2 Å². The monoisotopic (exact) mass is 350 g/mol. The highest BCUT2D eigenvalue weighted by atomic mass is 79.9. The van der Waals surface area contributed by atoms with Crippen LogP contribution in [-0.4, -0.2) is 30.6 Å². The minimum Gasteiger partial charge on any atom is -0.310 e. The minimum absolute atomic E-state index is 0.488. The predicted octanol–water partition coefficient (Wildman–Crippen LogP) is 4.36. The number of hydrogen-bond donors (Lipinski definition) is 1. The van der Waals surface area contributed by atoms with E-state index >= 15 is 0 Å². The molecule has 3 atom stereocenters. The van der Waals surface area contributed by atoms with Crippen LogP contribution in [0.3, 0.4) is 0 Å². The lowest BCUT2D eigenvalue weighted by Crippen LogP contribution is -2.35. The van der Waals surface area contributed by atoms with Crippen LogP contribution in [0.5, 0.6) is 0 Å². The fourth-order valence-corrected chi connectivity index (χ4v) is 4.44. The van der Waals surface area contributed by atoms with Crippen LogP contribution in [0.4, 0.5) is 0 Å². The second-order valence-electron chi connectivity index (χ2n) is 6.68. The Hall–Kier alpha value is -0.380. The summed E-state index contributed by atoms with van der Waals surface area (Å²) >= 11 is 3.60. The summed E-state index contributed by atoms with van der Waals surface area (Å²) in [6, 6.07) is 10.2. The largest absolute Gasteiger partial charge is 0.310 e. The van der Waals surface area contributed by atoms with Crippen molar-refractivity contribution < 1.29 is 0 Å². The Balaban J connectivity index is 1.59. The molecule has 2 aliphatic rings. The third-order valence-corrected chi connectivity index (χ3v) is 5.61. The van der Waals surface area contributed by atoms with Crippen molar-refractivity contribution in [1.82, 2.24) is 10.2 Å². The molecule has 2 bridgehead atoms. The van der Waals surface area contributed by atoms with Crippen LogP contribution in [-0.2, 0) is 0 Å². The Morgan fingerprint density at radius 3 is 2.95 bits per heavy atom. The molecule has 0 aromatic heterocycles. The van der Waals surface area contributed by atoms with E-state index < -0.39 is 0 Å². The van der Waals surface area contributed by atoms with Crippen LogP contribution in [0.15, 0.2) is 28.7 Å². The van der Waals surface area contributed by atoms with Crippen LogP contribution in [0, 0.1) is 5.92 Å². The van der Waals surface area contributed by atoms with Crippen LogP contribution >= 0.6 is 15.9 Å². The summed E-state index contributed by atoms with van der Waals surface area (Å²) in [6.07, 6.45) is 6.79. The van der Waals surface area contributed by atoms with Gasteiger partial charge in [-0.05, 0) is 62.3 Å². The zero-order chi connectivity index (χ0) is 14.7. The summed E-state index contributed by atoms with van der Waals surface area (Å²) in [5, 5.41) is 3.73. The lowest BCUT2D eigenvalue weighted by Gasteiger charge is -2.29. The number of nitrogens with one attached hydrogen (secondary N) is 1. The molecule has 2 nitrogen and oxygen atoms in total. The van der Waals surface area contributed by atoms with Crippen molar-refractivity contribution in [3.63, 3.8) is 0 Å². The molecule has 21 heavy (non-hydrogen) atoms. The number of hydrogen-bond acceptors (Lipinski definition) is 2. The fourth-order valence-electron chi connectivity index (χ4n) is 4.02. The van der Waals surface area contributed by atoms with Crippen molar-refractivity contribution in [2.45, 2.75) is 51.1 Å². The zero-order valence-electron chi connectivity index (χ0n) is 13.0. The van der Waals surface area contributed by atoms with Gasteiger partial charge in [-0.3, -0.25) is 0 Å². The second-order valence-corrected chi connectivity index (χ2v) is 7.59. The molecular formula is C18H27BrN2. The van der Waals surface area contributed by atoms with Crippen LogP contribution in [0.1, 0.15) is 50.6 Å². The maximum atomic E-state index is 3.73. The summed E-state index contributed by atoms with van der Waals surface area (Å²) in [6.45, 7) is 5.94. The average molecular weight is 351 g/mol. The van der Waals surface area contributed by atoms with Gasteiger partial charge in [0, 0.05) is 29.6 Å². The van der Waals surface area contributed by atoms with Gasteiger partial charge in [0.15, 0.2) is 0 Å². The predicted molar refractivity (Wildman–Crippen MR) is 92.5 cm³/mol. The van der Waals surface area contributed by atoms with E-state index in [1.54, 1.807) is 0 Å². The van der Waals surface area contributed by atoms with Gasteiger partial charge in [0.25, 0.3) is 0 Å². The van der Waals surface area contributed by atoms with Gasteiger partial charge in [-0.15, -0.1) is 0 Å². The number of halogens is 1. The topological polar surface area (TPSA) is 15.3 Å². The number of piperidine rings is 1. The summed E-state index contributed by atoms with van der Waals surface area (Å²) in [7, 11) is 0. The number of fused-ring (bicyclic) bond motifs is 2. The Labute approximate surface area is 137 Å². The highest BCUT2D eigenvalue weighted by molar-refractivity contribution is 9.10. The average Bonchev–Trinajstić information content (AvgIpc) is 3.10. The third kappa shape index (κ3) is 3.88. The Morgan fingerprint density at radius 2 is 2.29 bits per heavy atom. The van der Waals surface area contributed by atoms with E-state index in [-0.39, 0.29) is 0 Å².